The van der Waals surface area contributed by atoms with Crippen LogP contribution in [0.3, 0.4) is 0 Å². The average Bonchev–Trinajstić information content (AvgIpc) is 2.47. The van der Waals surface area contributed by atoms with Crippen molar-refractivity contribution in [2.45, 2.75) is 12.5 Å². The lowest BCUT2D eigenvalue weighted by atomic mass is 9.98. The Morgan fingerprint density at radius 2 is 2.00 bits per heavy atom. The Bertz CT molecular complexity index is 568. The van der Waals surface area contributed by atoms with Gasteiger partial charge in [-0.1, -0.05) is 29.8 Å². The number of hydrogen-bond acceptors (Lipinski definition) is 2. The fourth-order valence-electron chi connectivity index (χ4n) is 2.18. The van der Waals surface area contributed by atoms with Crippen molar-refractivity contribution in [1.82, 2.24) is 5.32 Å². The molecule has 0 aliphatic rings. The van der Waals surface area contributed by atoms with Gasteiger partial charge >= 0.3 is 0 Å². The van der Waals surface area contributed by atoms with E-state index in [1.54, 1.807) is 19.2 Å². The molecule has 0 bridgehead atoms. The predicted molar refractivity (Wildman–Crippen MR) is 79.9 cm³/mol. The number of rotatable bonds is 5. The molecule has 0 amide bonds. The van der Waals surface area contributed by atoms with Gasteiger partial charge in [-0.15, -0.1) is 0 Å². The monoisotopic (exact) mass is 293 g/mol. The molecule has 0 saturated heterocycles. The molecule has 0 aliphatic heterocycles. The predicted octanol–water partition coefficient (Wildman–Crippen LogP) is 3.99. The van der Waals surface area contributed by atoms with Crippen LogP contribution in [0, 0.1) is 5.82 Å². The fraction of sp³-hybridized carbons (Fsp3) is 0.250. The highest BCUT2D eigenvalue weighted by molar-refractivity contribution is 6.31. The van der Waals surface area contributed by atoms with Crippen LogP contribution < -0.4 is 10.1 Å². The van der Waals surface area contributed by atoms with Gasteiger partial charge in [-0.25, -0.2) is 4.39 Å². The van der Waals surface area contributed by atoms with E-state index in [1.807, 2.05) is 31.3 Å². The first-order valence-electron chi connectivity index (χ1n) is 6.39. The van der Waals surface area contributed by atoms with Gasteiger partial charge in [0, 0.05) is 16.6 Å². The van der Waals surface area contributed by atoms with Crippen molar-refractivity contribution < 1.29 is 9.13 Å². The largest absolute Gasteiger partial charge is 0.497 e. The normalized spacial score (nSPS) is 12.2. The van der Waals surface area contributed by atoms with Crippen molar-refractivity contribution in [1.29, 1.82) is 0 Å². The lowest BCUT2D eigenvalue weighted by Gasteiger charge is -2.18. The molecule has 0 fully saturated rings. The first kappa shape index (κ1) is 14.8. The van der Waals surface area contributed by atoms with E-state index in [2.05, 4.69) is 5.32 Å². The number of benzene rings is 2. The summed E-state index contributed by atoms with van der Waals surface area (Å²) in [5, 5.41) is 3.64. The third-order valence-corrected chi connectivity index (χ3v) is 3.67. The highest BCUT2D eigenvalue weighted by Gasteiger charge is 2.15. The molecular weight excluding hydrogens is 277 g/mol. The highest BCUT2D eigenvalue weighted by Crippen LogP contribution is 2.27. The van der Waals surface area contributed by atoms with Crippen LogP contribution in [0.15, 0.2) is 42.5 Å². The Morgan fingerprint density at radius 1 is 1.25 bits per heavy atom. The summed E-state index contributed by atoms with van der Waals surface area (Å²) in [7, 11) is 3.47. The van der Waals surface area contributed by atoms with E-state index in [1.165, 1.54) is 6.07 Å². The van der Waals surface area contributed by atoms with Crippen molar-refractivity contribution in [2.24, 2.45) is 0 Å². The molecule has 1 N–H and O–H groups in total. The Morgan fingerprint density at radius 3 is 2.65 bits per heavy atom. The van der Waals surface area contributed by atoms with Crippen LogP contribution in [0.2, 0.25) is 5.02 Å². The molecule has 2 rings (SSSR count). The molecule has 1 unspecified atom stereocenters. The third-order valence-electron chi connectivity index (χ3n) is 3.31. The number of hydrogen-bond donors (Lipinski definition) is 1. The van der Waals surface area contributed by atoms with Gasteiger partial charge in [0.05, 0.1) is 7.11 Å². The SMILES string of the molecule is CNC(Cc1c(F)cccc1Cl)c1cccc(OC)c1. The van der Waals surface area contributed by atoms with Gasteiger partial charge in [-0.2, -0.15) is 0 Å². The lowest BCUT2D eigenvalue weighted by molar-refractivity contribution is 0.413. The molecule has 1 atom stereocenters. The van der Waals surface area contributed by atoms with Crippen LogP contribution in [0.4, 0.5) is 4.39 Å². The zero-order valence-electron chi connectivity index (χ0n) is 11.5. The molecule has 0 aliphatic carbocycles. The van der Waals surface area contributed by atoms with Crippen LogP contribution in [0.1, 0.15) is 17.2 Å². The Hall–Kier alpha value is -1.58. The molecule has 0 radical (unpaired) electrons. The summed E-state index contributed by atoms with van der Waals surface area (Å²) < 4.78 is 19.1. The first-order valence-corrected chi connectivity index (χ1v) is 6.77. The quantitative estimate of drug-likeness (QED) is 0.900. The highest BCUT2D eigenvalue weighted by atomic mass is 35.5. The fourth-order valence-corrected chi connectivity index (χ4v) is 2.42. The van der Waals surface area contributed by atoms with Gasteiger partial charge in [-0.3, -0.25) is 0 Å². The van der Waals surface area contributed by atoms with Crippen molar-refractivity contribution in [3.8, 4) is 5.75 Å². The molecule has 20 heavy (non-hydrogen) atoms. The minimum atomic E-state index is -0.277. The van der Waals surface area contributed by atoms with Gasteiger partial charge in [0.2, 0.25) is 0 Å². The number of methoxy groups -OCH3 is 1. The molecular formula is C16H17ClFNO. The minimum absolute atomic E-state index is 0.0282. The summed E-state index contributed by atoms with van der Waals surface area (Å²) in [4.78, 5) is 0. The molecule has 0 spiro atoms. The van der Waals surface area contributed by atoms with Gasteiger partial charge in [0.25, 0.3) is 0 Å². The van der Waals surface area contributed by atoms with Gasteiger partial charge < -0.3 is 10.1 Å². The number of likely N-dealkylation sites (N-methyl/N-ethyl adjacent to an activating group) is 1. The van der Waals surface area contributed by atoms with E-state index < -0.39 is 0 Å². The zero-order chi connectivity index (χ0) is 14.5. The molecule has 2 aromatic rings. The second-order valence-corrected chi connectivity index (χ2v) is 4.93. The maximum absolute atomic E-state index is 13.9. The molecule has 0 heterocycles. The van der Waals surface area contributed by atoms with E-state index in [-0.39, 0.29) is 11.9 Å². The molecule has 2 aromatic carbocycles. The average molecular weight is 294 g/mol. The van der Waals surface area contributed by atoms with Crippen molar-refractivity contribution in [3.05, 3.63) is 64.4 Å². The molecule has 106 valence electrons. The van der Waals surface area contributed by atoms with Crippen LogP contribution >= 0.6 is 11.6 Å². The summed E-state index contributed by atoms with van der Waals surface area (Å²) in [5.74, 6) is 0.503. The van der Waals surface area contributed by atoms with Gasteiger partial charge in [0.1, 0.15) is 11.6 Å². The van der Waals surface area contributed by atoms with Crippen molar-refractivity contribution in [3.63, 3.8) is 0 Å². The Kier molecular flexibility index (Phi) is 4.99. The van der Waals surface area contributed by atoms with E-state index >= 15 is 0 Å². The van der Waals surface area contributed by atoms with E-state index in [0.29, 0.717) is 17.0 Å². The maximum Gasteiger partial charge on any atom is 0.127 e. The summed E-state index contributed by atoms with van der Waals surface area (Å²) in [6, 6.07) is 12.4. The Balaban J connectivity index is 2.29. The zero-order valence-corrected chi connectivity index (χ0v) is 12.2. The van der Waals surface area contributed by atoms with E-state index in [0.717, 1.165) is 11.3 Å². The maximum atomic E-state index is 13.9. The van der Waals surface area contributed by atoms with Gasteiger partial charge in [-0.05, 0) is 43.3 Å². The molecule has 0 saturated carbocycles. The number of ether oxygens (including phenoxy) is 1. The molecule has 4 heteroatoms. The number of halogens is 2. The second-order valence-electron chi connectivity index (χ2n) is 4.52. The van der Waals surface area contributed by atoms with Crippen LogP contribution in [-0.4, -0.2) is 14.2 Å². The summed E-state index contributed by atoms with van der Waals surface area (Å²) >= 11 is 6.08. The van der Waals surface area contributed by atoms with E-state index in [4.69, 9.17) is 16.3 Å². The van der Waals surface area contributed by atoms with Crippen molar-refractivity contribution >= 4 is 11.6 Å². The molecule has 2 nitrogen and oxygen atoms in total. The first-order chi connectivity index (χ1) is 9.65. The van der Waals surface area contributed by atoms with Crippen LogP contribution in [-0.2, 0) is 6.42 Å². The third kappa shape index (κ3) is 3.30. The summed E-state index contributed by atoms with van der Waals surface area (Å²) in [6.45, 7) is 0. The van der Waals surface area contributed by atoms with Crippen molar-refractivity contribution in [2.75, 3.05) is 14.2 Å². The summed E-state index contributed by atoms with van der Waals surface area (Å²) in [6.07, 6.45) is 0.481. The van der Waals surface area contributed by atoms with Crippen LogP contribution in [0.25, 0.3) is 0 Å². The van der Waals surface area contributed by atoms with E-state index in [9.17, 15) is 4.39 Å². The molecule has 0 aromatic heterocycles. The summed E-state index contributed by atoms with van der Waals surface area (Å²) in [5.41, 5.74) is 1.56. The second kappa shape index (κ2) is 6.73. The lowest BCUT2D eigenvalue weighted by Crippen LogP contribution is -2.19. The standard InChI is InChI=1S/C16H17ClFNO/c1-19-16(11-5-3-6-12(9-11)20-2)10-13-14(17)7-4-8-15(13)18/h3-9,16,19H,10H2,1-2H3. The number of nitrogens with one attached hydrogen (secondary N) is 1. The smallest absolute Gasteiger partial charge is 0.127 e. The minimum Gasteiger partial charge on any atom is -0.497 e. The topological polar surface area (TPSA) is 21.3 Å². The van der Waals surface area contributed by atoms with Gasteiger partial charge in [0.15, 0.2) is 0 Å². The van der Waals surface area contributed by atoms with Crippen LogP contribution in [0.5, 0.6) is 5.75 Å². The Labute approximate surface area is 123 Å².